The van der Waals surface area contributed by atoms with Crippen molar-refractivity contribution in [3.8, 4) is 0 Å². The SMILES string of the molecule is O=C(NCc1ccccc1F)C1CCN(Cc2c(F)cccc2Cl)CC1. The predicted molar refractivity (Wildman–Crippen MR) is 97.7 cm³/mol. The molecule has 1 aliphatic rings. The number of hydrogen-bond acceptors (Lipinski definition) is 2. The van der Waals surface area contributed by atoms with Gasteiger partial charge in [0, 0.05) is 35.2 Å². The molecule has 3 nitrogen and oxygen atoms in total. The Morgan fingerprint density at radius 2 is 1.77 bits per heavy atom. The van der Waals surface area contributed by atoms with Crippen LogP contribution in [0.4, 0.5) is 8.78 Å². The summed E-state index contributed by atoms with van der Waals surface area (Å²) in [4.78, 5) is 14.4. The molecule has 0 radical (unpaired) electrons. The molecule has 138 valence electrons. The number of halogens is 3. The van der Waals surface area contributed by atoms with Crippen molar-refractivity contribution in [2.45, 2.75) is 25.9 Å². The maximum absolute atomic E-state index is 13.9. The zero-order valence-corrected chi connectivity index (χ0v) is 15.1. The van der Waals surface area contributed by atoms with E-state index in [0.717, 1.165) is 0 Å². The van der Waals surface area contributed by atoms with E-state index in [9.17, 15) is 13.6 Å². The van der Waals surface area contributed by atoms with Crippen molar-refractivity contribution in [2.24, 2.45) is 5.92 Å². The van der Waals surface area contributed by atoms with E-state index < -0.39 is 0 Å². The molecule has 2 aromatic rings. The van der Waals surface area contributed by atoms with Crippen molar-refractivity contribution in [3.05, 3.63) is 70.2 Å². The van der Waals surface area contributed by atoms with Gasteiger partial charge in [-0.2, -0.15) is 0 Å². The van der Waals surface area contributed by atoms with E-state index >= 15 is 0 Å². The van der Waals surface area contributed by atoms with Crippen molar-refractivity contribution in [1.29, 1.82) is 0 Å². The lowest BCUT2D eigenvalue weighted by molar-refractivity contribution is -0.126. The number of piperidine rings is 1. The van der Waals surface area contributed by atoms with Crippen LogP contribution in [0.3, 0.4) is 0 Å². The van der Waals surface area contributed by atoms with Crippen LogP contribution >= 0.6 is 11.6 Å². The van der Waals surface area contributed by atoms with Gasteiger partial charge in [0.25, 0.3) is 0 Å². The fourth-order valence-corrected chi connectivity index (χ4v) is 3.45. The maximum Gasteiger partial charge on any atom is 0.223 e. The van der Waals surface area contributed by atoms with Gasteiger partial charge in [0.15, 0.2) is 0 Å². The van der Waals surface area contributed by atoms with Gasteiger partial charge in [-0.25, -0.2) is 8.78 Å². The molecule has 1 amide bonds. The highest BCUT2D eigenvalue weighted by molar-refractivity contribution is 6.31. The lowest BCUT2D eigenvalue weighted by Crippen LogP contribution is -2.40. The first-order valence-electron chi connectivity index (χ1n) is 8.71. The molecule has 1 saturated heterocycles. The highest BCUT2D eigenvalue weighted by Gasteiger charge is 2.25. The standard InChI is InChI=1S/C20H21ClF2N2O/c21-17-5-3-7-19(23)16(17)13-25-10-8-14(9-11-25)20(26)24-12-15-4-1-2-6-18(15)22/h1-7,14H,8-13H2,(H,24,26). The summed E-state index contributed by atoms with van der Waals surface area (Å²) >= 11 is 6.08. The molecule has 3 rings (SSSR count). The van der Waals surface area contributed by atoms with Crippen LogP contribution < -0.4 is 5.32 Å². The van der Waals surface area contributed by atoms with Gasteiger partial charge in [-0.15, -0.1) is 0 Å². The van der Waals surface area contributed by atoms with Crippen LogP contribution in [0, 0.1) is 17.6 Å². The third-order valence-electron chi connectivity index (χ3n) is 4.81. The summed E-state index contributed by atoms with van der Waals surface area (Å²) in [7, 11) is 0. The van der Waals surface area contributed by atoms with Crippen LogP contribution in [0.1, 0.15) is 24.0 Å². The third-order valence-corrected chi connectivity index (χ3v) is 5.17. The van der Waals surface area contributed by atoms with Crippen molar-refractivity contribution in [2.75, 3.05) is 13.1 Å². The largest absolute Gasteiger partial charge is 0.352 e. The number of rotatable bonds is 5. The molecule has 0 aliphatic carbocycles. The molecular weight excluding hydrogens is 358 g/mol. The molecule has 2 aromatic carbocycles. The number of carbonyl (C=O) groups excluding carboxylic acids is 1. The minimum Gasteiger partial charge on any atom is -0.352 e. The number of nitrogens with one attached hydrogen (secondary N) is 1. The molecule has 1 N–H and O–H groups in total. The van der Waals surface area contributed by atoms with Crippen LogP contribution in [0.2, 0.25) is 5.02 Å². The van der Waals surface area contributed by atoms with E-state index in [2.05, 4.69) is 10.2 Å². The summed E-state index contributed by atoms with van der Waals surface area (Å²) in [5, 5.41) is 3.24. The Hall–Kier alpha value is -1.98. The lowest BCUT2D eigenvalue weighted by atomic mass is 9.95. The van der Waals surface area contributed by atoms with Crippen LogP contribution in [0.5, 0.6) is 0 Å². The fraction of sp³-hybridized carbons (Fsp3) is 0.350. The molecule has 1 aliphatic heterocycles. The normalized spacial score (nSPS) is 15.8. The Morgan fingerprint density at radius 3 is 2.46 bits per heavy atom. The molecule has 0 unspecified atom stereocenters. The average Bonchev–Trinajstić information content (AvgIpc) is 2.64. The Bertz CT molecular complexity index is 756. The number of carbonyl (C=O) groups is 1. The van der Waals surface area contributed by atoms with Crippen molar-refractivity contribution in [1.82, 2.24) is 10.2 Å². The number of hydrogen-bond donors (Lipinski definition) is 1. The first kappa shape index (κ1) is 18.8. The molecule has 6 heteroatoms. The number of amides is 1. The van der Waals surface area contributed by atoms with Gasteiger partial charge in [0.2, 0.25) is 5.91 Å². The van der Waals surface area contributed by atoms with Crippen LogP contribution in [0.25, 0.3) is 0 Å². The van der Waals surface area contributed by atoms with E-state index in [-0.39, 0.29) is 30.0 Å². The minimum atomic E-state index is -0.315. The van der Waals surface area contributed by atoms with Crippen molar-refractivity contribution < 1.29 is 13.6 Å². The Kier molecular flexibility index (Phi) is 6.22. The summed E-state index contributed by atoms with van der Waals surface area (Å²) in [5.74, 6) is -0.780. The van der Waals surface area contributed by atoms with Gasteiger partial charge in [-0.3, -0.25) is 9.69 Å². The zero-order chi connectivity index (χ0) is 18.5. The quantitative estimate of drug-likeness (QED) is 0.847. The average molecular weight is 379 g/mol. The molecule has 26 heavy (non-hydrogen) atoms. The Labute approximate surface area is 157 Å². The second kappa shape index (κ2) is 8.60. The zero-order valence-electron chi connectivity index (χ0n) is 14.4. The molecule has 0 spiro atoms. The van der Waals surface area contributed by atoms with Crippen LogP contribution in [-0.4, -0.2) is 23.9 Å². The molecule has 1 fully saturated rings. The fourth-order valence-electron chi connectivity index (χ4n) is 3.23. The first-order chi connectivity index (χ1) is 12.5. The van der Waals surface area contributed by atoms with Crippen LogP contribution in [0.15, 0.2) is 42.5 Å². The van der Waals surface area contributed by atoms with Crippen LogP contribution in [-0.2, 0) is 17.9 Å². The Balaban J connectivity index is 1.49. The molecule has 0 saturated carbocycles. The smallest absolute Gasteiger partial charge is 0.223 e. The van der Waals surface area contributed by atoms with Gasteiger partial charge in [0.05, 0.1) is 0 Å². The summed E-state index contributed by atoms with van der Waals surface area (Å²) < 4.78 is 27.5. The van der Waals surface area contributed by atoms with E-state index in [1.165, 1.54) is 12.1 Å². The second-order valence-corrected chi connectivity index (χ2v) is 6.97. The van der Waals surface area contributed by atoms with E-state index in [1.54, 1.807) is 30.3 Å². The van der Waals surface area contributed by atoms with Gasteiger partial charge in [-0.05, 0) is 44.1 Å². The molecule has 0 atom stereocenters. The van der Waals surface area contributed by atoms with Crippen molar-refractivity contribution >= 4 is 17.5 Å². The second-order valence-electron chi connectivity index (χ2n) is 6.56. The van der Waals surface area contributed by atoms with E-state index in [4.69, 9.17) is 11.6 Å². The van der Waals surface area contributed by atoms with Gasteiger partial charge in [-0.1, -0.05) is 35.9 Å². The van der Waals surface area contributed by atoms with Gasteiger partial charge < -0.3 is 5.32 Å². The minimum absolute atomic E-state index is 0.0585. The summed E-state index contributed by atoms with van der Waals surface area (Å²) in [5.41, 5.74) is 0.976. The highest BCUT2D eigenvalue weighted by Crippen LogP contribution is 2.24. The molecule has 0 bridgehead atoms. The van der Waals surface area contributed by atoms with Gasteiger partial charge in [0.1, 0.15) is 11.6 Å². The van der Waals surface area contributed by atoms with Gasteiger partial charge >= 0.3 is 0 Å². The monoisotopic (exact) mass is 378 g/mol. The summed E-state index contributed by atoms with van der Waals surface area (Å²) in [6.07, 6.45) is 1.38. The first-order valence-corrected chi connectivity index (χ1v) is 9.08. The molecule has 1 heterocycles. The number of benzene rings is 2. The Morgan fingerprint density at radius 1 is 1.08 bits per heavy atom. The predicted octanol–water partition coefficient (Wildman–Crippen LogP) is 4.15. The van der Waals surface area contributed by atoms with E-state index in [0.29, 0.717) is 48.6 Å². The van der Waals surface area contributed by atoms with E-state index in [1.807, 2.05) is 0 Å². The third kappa shape index (κ3) is 4.59. The summed E-state index contributed by atoms with van der Waals surface area (Å²) in [6.45, 7) is 2.02. The summed E-state index contributed by atoms with van der Waals surface area (Å²) in [6, 6.07) is 11.1. The lowest BCUT2D eigenvalue weighted by Gasteiger charge is -2.31. The maximum atomic E-state index is 13.9. The highest BCUT2D eigenvalue weighted by atomic mass is 35.5. The number of nitrogens with zero attached hydrogens (tertiary/aromatic N) is 1. The topological polar surface area (TPSA) is 32.3 Å². The molecular formula is C20H21ClF2N2O. The number of likely N-dealkylation sites (tertiary alicyclic amines) is 1. The molecule has 0 aromatic heterocycles. The van der Waals surface area contributed by atoms with Crippen molar-refractivity contribution in [3.63, 3.8) is 0 Å².